The van der Waals surface area contributed by atoms with Crippen LogP contribution >= 0.6 is 0 Å². The molecule has 0 bridgehead atoms. The molecular formula is C11H16O. The molecule has 0 N–H and O–H groups in total. The average molecular weight is 164 g/mol. The molecule has 12 heavy (non-hydrogen) atoms. The maximum atomic E-state index is 5.29. The highest BCUT2D eigenvalue weighted by Crippen LogP contribution is 2.07. The molecule has 0 spiro atoms. The van der Waals surface area contributed by atoms with Gasteiger partial charge in [-0.1, -0.05) is 24.3 Å². The second-order valence-corrected chi connectivity index (χ2v) is 2.87. The lowest BCUT2D eigenvalue weighted by Crippen LogP contribution is -1.99. The van der Waals surface area contributed by atoms with Crippen LogP contribution in [0.15, 0.2) is 24.3 Å². The molecule has 0 aromatic heterocycles. The smallest absolute Gasteiger partial charge is 0.0506 e. The zero-order valence-corrected chi connectivity index (χ0v) is 7.84. The van der Waals surface area contributed by atoms with E-state index >= 15 is 0 Å². The van der Waals surface area contributed by atoms with Crippen molar-refractivity contribution in [3.63, 3.8) is 0 Å². The van der Waals surface area contributed by atoms with Crippen molar-refractivity contribution in [2.75, 3.05) is 13.2 Å². The van der Waals surface area contributed by atoms with Crippen molar-refractivity contribution >= 4 is 0 Å². The van der Waals surface area contributed by atoms with E-state index in [4.69, 9.17) is 4.74 Å². The Morgan fingerprint density at radius 1 is 1.25 bits per heavy atom. The van der Waals surface area contributed by atoms with Crippen LogP contribution in [-0.2, 0) is 11.2 Å². The summed E-state index contributed by atoms with van der Waals surface area (Å²) in [6, 6.07) is 8.45. The van der Waals surface area contributed by atoms with Gasteiger partial charge >= 0.3 is 0 Å². The first kappa shape index (κ1) is 9.27. The van der Waals surface area contributed by atoms with Crippen molar-refractivity contribution in [2.24, 2.45) is 0 Å². The van der Waals surface area contributed by atoms with Gasteiger partial charge in [0.2, 0.25) is 0 Å². The number of hydrogen-bond acceptors (Lipinski definition) is 1. The molecule has 0 heterocycles. The van der Waals surface area contributed by atoms with Gasteiger partial charge in [-0.15, -0.1) is 0 Å². The van der Waals surface area contributed by atoms with Crippen LogP contribution in [0.1, 0.15) is 18.1 Å². The fourth-order valence-electron chi connectivity index (χ4n) is 1.22. The van der Waals surface area contributed by atoms with Crippen LogP contribution in [0.2, 0.25) is 0 Å². The summed E-state index contributed by atoms with van der Waals surface area (Å²) in [5.41, 5.74) is 2.75. The van der Waals surface area contributed by atoms with Gasteiger partial charge in [-0.25, -0.2) is 0 Å². The average Bonchev–Trinajstić information content (AvgIpc) is 2.09. The molecule has 1 nitrogen and oxygen atoms in total. The van der Waals surface area contributed by atoms with Crippen LogP contribution in [0, 0.1) is 6.92 Å². The van der Waals surface area contributed by atoms with E-state index < -0.39 is 0 Å². The van der Waals surface area contributed by atoms with Crippen molar-refractivity contribution in [2.45, 2.75) is 20.3 Å². The van der Waals surface area contributed by atoms with E-state index in [2.05, 4.69) is 31.2 Å². The van der Waals surface area contributed by atoms with E-state index in [0.29, 0.717) is 0 Å². The maximum Gasteiger partial charge on any atom is 0.0506 e. The standard InChI is InChI=1S/C11H16O/c1-3-12-9-8-11-7-5-4-6-10(11)2/h4-7H,3,8-9H2,1-2H3. The topological polar surface area (TPSA) is 9.23 Å². The van der Waals surface area contributed by atoms with Crippen LogP contribution in [0.25, 0.3) is 0 Å². The van der Waals surface area contributed by atoms with E-state index in [-0.39, 0.29) is 0 Å². The highest BCUT2D eigenvalue weighted by molar-refractivity contribution is 5.25. The van der Waals surface area contributed by atoms with E-state index in [1.807, 2.05) is 6.92 Å². The molecular weight excluding hydrogens is 148 g/mol. The van der Waals surface area contributed by atoms with Gasteiger partial charge in [-0.2, -0.15) is 0 Å². The summed E-state index contributed by atoms with van der Waals surface area (Å²) in [5, 5.41) is 0. The molecule has 1 heteroatoms. The Morgan fingerprint density at radius 2 is 2.00 bits per heavy atom. The first-order valence-electron chi connectivity index (χ1n) is 4.47. The molecule has 0 atom stereocenters. The number of ether oxygens (including phenoxy) is 1. The molecule has 66 valence electrons. The van der Waals surface area contributed by atoms with Crippen molar-refractivity contribution in [3.05, 3.63) is 35.4 Å². The van der Waals surface area contributed by atoms with Gasteiger partial charge in [0.15, 0.2) is 0 Å². The third-order valence-electron chi connectivity index (χ3n) is 1.98. The van der Waals surface area contributed by atoms with Gasteiger partial charge in [0.25, 0.3) is 0 Å². The number of aryl methyl sites for hydroxylation is 1. The molecule has 1 rings (SSSR count). The summed E-state index contributed by atoms with van der Waals surface area (Å²) in [7, 11) is 0. The van der Waals surface area contributed by atoms with Crippen LogP contribution in [-0.4, -0.2) is 13.2 Å². The Hall–Kier alpha value is -0.820. The molecule has 0 amide bonds. The molecule has 1 aromatic rings. The zero-order chi connectivity index (χ0) is 8.81. The van der Waals surface area contributed by atoms with Crippen molar-refractivity contribution in [1.29, 1.82) is 0 Å². The van der Waals surface area contributed by atoms with Crippen molar-refractivity contribution in [3.8, 4) is 0 Å². The summed E-state index contributed by atoms with van der Waals surface area (Å²) >= 11 is 0. The van der Waals surface area contributed by atoms with Crippen LogP contribution in [0.3, 0.4) is 0 Å². The largest absolute Gasteiger partial charge is 0.381 e. The predicted octanol–water partition coefficient (Wildman–Crippen LogP) is 2.57. The normalized spacial score (nSPS) is 10.2. The van der Waals surface area contributed by atoms with Gasteiger partial charge in [0.1, 0.15) is 0 Å². The SMILES string of the molecule is CCOCCc1ccccc1C. The zero-order valence-electron chi connectivity index (χ0n) is 7.84. The highest BCUT2D eigenvalue weighted by atomic mass is 16.5. The van der Waals surface area contributed by atoms with Gasteiger partial charge in [-0.05, 0) is 31.4 Å². The van der Waals surface area contributed by atoms with Crippen LogP contribution < -0.4 is 0 Å². The lowest BCUT2D eigenvalue weighted by atomic mass is 10.1. The fourth-order valence-corrected chi connectivity index (χ4v) is 1.22. The third-order valence-corrected chi connectivity index (χ3v) is 1.98. The van der Waals surface area contributed by atoms with Crippen molar-refractivity contribution < 1.29 is 4.74 Å². The highest BCUT2D eigenvalue weighted by Gasteiger charge is 1.95. The minimum atomic E-state index is 0.811. The summed E-state index contributed by atoms with van der Waals surface area (Å²) < 4.78 is 5.29. The van der Waals surface area contributed by atoms with E-state index in [9.17, 15) is 0 Å². The van der Waals surface area contributed by atoms with Gasteiger partial charge < -0.3 is 4.74 Å². The minimum Gasteiger partial charge on any atom is -0.381 e. The minimum absolute atomic E-state index is 0.811. The predicted molar refractivity (Wildman–Crippen MR) is 51.4 cm³/mol. The maximum absolute atomic E-state index is 5.29. The van der Waals surface area contributed by atoms with Gasteiger partial charge in [0.05, 0.1) is 6.61 Å². The Bertz CT molecular complexity index is 230. The summed E-state index contributed by atoms with van der Waals surface area (Å²) in [5.74, 6) is 0. The third kappa shape index (κ3) is 2.67. The molecule has 1 aromatic carbocycles. The monoisotopic (exact) mass is 164 g/mol. The van der Waals surface area contributed by atoms with Gasteiger partial charge in [0, 0.05) is 6.61 Å². The van der Waals surface area contributed by atoms with Crippen molar-refractivity contribution in [1.82, 2.24) is 0 Å². The molecule has 0 saturated heterocycles. The summed E-state index contributed by atoms with van der Waals surface area (Å²) in [4.78, 5) is 0. The van der Waals surface area contributed by atoms with E-state index in [0.717, 1.165) is 19.6 Å². The van der Waals surface area contributed by atoms with Gasteiger partial charge in [-0.3, -0.25) is 0 Å². The molecule has 0 aliphatic carbocycles. The lowest BCUT2D eigenvalue weighted by molar-refractivity contribution is 0.151. The Kier molecular flexibility index (Phi) is 3.81. The first-order chi connectivity index (χ1) is 5.84. The fraction of sp³-hybridized carbons (Fsp3) is 0.455. The molecule has 0 aliphatic rings. The molecule has 0 radical (unpaired) electrons. The summed E-state index contributed by atoms with van der Waals surface area (Å²) in [6.45, 7) is 5.81. The molecule has 0 fully saturated rings. The Labute approximate surface area is 74.4 Å². The van der Waals surface area contributed by atoms with Crippen LogP contribution in [0.5, 0.6) is 0 Å². The quantitative estimate of drug-likeness (QED) is 0.621. The second kappa shape index (κ2) is 4.94. The Morgan fingerprint density at radius 3 is 2.67 bits per heavy atom. The molecule has 0 aliphatic heterocycles. The lowest BCUT2D eigenvalue weighted by Gasteiger charge is -2.04. The number of rotatable bonds is 4. The van der Waals surface area contributed by atoms with E-state index in [1.54, 1.807) is 0 Å². The second-order valence-electron chi connectivity index (χ2n) is 2.87. The first-order valence-corrected chi connectivity index (χ1v) is 4.47. The molecule has 0 unspecified atom stereocenters. The van der Waals surface area contributed by atoms with E-state index in [1.165, 1.54) is 11.1 Å². The summed E-state index contributed by atoms with van der Waals surface area (Å²) in [6.07, 6.45) is 1.03. The number of benzene rings is 1. The van der Waals surface area contributed by atoms with Crippen LogP contribution in [0.4, 0.5) is 0 Å². The number of hydrogen-bond donors (Lipinski definition) is 0. The Balaban J connectivity index is 2.46. The molecule has 0 saturated carbocycles.